The van der Waals surface area contributed by atoms with E-state index in [1.165, 1.54) is 24.3 Å². The summed E-state index contributed by atoms with van der Waals surface area (Å²) in [5.41, 5.74) is 6.51. The van der Waals surface area contributed by atoms with Crippen LogP contribution in [0.2, 0.25) is 0 Å². The molecule has 2 rings (SSSR count). The van der Waals surface area contributed by atoms with Crippen LogP contribution in [-0.2, 0) is 0 Å². The van der Waals surface area contributed by atoms with Crippen LogP contribution in [-0.4, -0.2) is 4.92 Å². The molecule has 2 aromatic carbocycles. The zero-order valence-electron chi connectivity index (χ0n) is 10.7. The number of nitro groups is 1. The first-order valence-electron chi connectivity index (χ1n) is 5.81. The van der Waals surface area contributed by atoms with Crippen LogP contribution >= 0.6 is 0 Å². The molecule has 0 unspecified atom stereocenters. The topological polar surface area (TPSA) is 129 Å². The Hall–Kier alpha value is -3.58. The molecular formula is C14H9N5O2. The second kappa shape index (κ2) is 5.59. The Labute approximate surface area is 120 Å². The summed E-state index contributed by atoms with van der Waals surface area (Å²) in [6, 6.07) is 12.8. The number of para-hydroxylation sites is 1. The third-order valence-corrected chi connectivity index (χ3v) is 2.79. The highest BCUT2D eigenvalue weighted by molar-refractivity contribution is 5.78. The van der Waals surface area contributed by atoms with Crippen LogP contribution in [0.5, 0.6) is 0 Å². The van der Waals surface area contributed by atoms with E-state index in [0.717, 1.165) is 0 Å². The Balaban J connectivity index is 2.45. The number of nitrogens with one attached hydrogen (secondary N) is 1. The summed E-state index contributed by atoms with van der Waals surface area (Å²) >= 11 is 0. The Bertz CT molecular complexity index is 802. The van der Waals surface area contributed by atoms with Crippen molar-refractivity contribution in [3.05, 3.63) is 57.6 Å². The van der Waals surface area contributed by atoms with Gasteiger partial charge in [-0.3, -0.25) is 10.1 Å². The van der Waals surface area contributed by atoms with E-state index in [1.807, 2.05) is 12.1 Å². The maximum Gasteiger partial charge on any atom is 0.315 e. The summed E-state index contributed by atoms with van der Waals surface area (Å²) in [7, 11) is 0. The highest BCUT2D eigenvalue weighted by Gasteiger charge is 2.18. The molecule has 0 amide bonds. The lowest BCUT2D eigenvalue weighted by molar-refractivity contribution is -0.383. The zero-order valence-corrected chi connectivity index (χ0v) is 10.7. The lowest BCUT2D eigenvalue weighted by Crippen LogP contribution is -2.01. The van der Waals surface area contributed by atoms with Gasteiger partial charge in [-0.15, -0.1) is 0 Å². The predicted molar refractivity (Wildman–Crippen MR) is 76.7 cm³/mol. The molecule has 7 nitrogen and oxygen atoms in total. The molecule has 0 aliphatic heterocycles. The van der Waals surface area contributed by atoms with Crippen LogP contribution in [0.25, 0.3) is 0 Å². The fourth-order valence-electron chi connectivity index (χ4n) is 1.83. The molecule has 21 heavy (non-hydrogen) atoms. The largest absolute Gasteiger partial charge is 0.393 e. The van der Waals surface area contributed by atoms with Crippen molar-refractivity contribution in [1.29, 1.82) is 10.5 Å². The summed E-state index contributed by atoms with van der Waals surface area (Å²) in [6.07, 6.45) is 0. The van der Waals surface area contributed by atoms with Crippen molar-refractivity contribution < 1.29 is 4.92 Å². The third kappa shape index (κ3) is 2.72. The van der Waals surface area contributed by atoms with E-state index in [2.05, 4.69) is 5.32 Å². The Morgan fingerprint density at radius 3 is 2.48 bits per heavy atom. The van der Waals surface area contributed by atoms with E-state index in [0.29, 0.717) is 5.69 Å². The van der Waals surface area contributed by atoms with Crippen LogP contribution in [0.1, 0.15) is 11.1 Å². The van der Waals surface area contributed by atoms with E-state index in [9.17, 15) is 10.1 Å². The van der Waals surface area contributed by atoms with Gasteiger partial charge in [0.15, 0.2) is 0 Å². The molecule has 0 aliphatic carbocycles. The van der Waals surface area contributed by atoms with E-state index in [4.69, 9.17) is 16.3 Å². The second-order valence-electron chi connectivity index (χ2n) is 4.11. The fourth-order valence-corrected chi connectivity index (χ4v) is 1.83. The molecule has 0 bridgehead atoms. The van der Waals surface area contributed by atoms with Crippen molar-refractivity contribution in [3.63, 3.8) is 0 Å². The Morgan fingerprint density at radius 1 is 1.14 bits per heavy atom. The lowest BCUT2D eigenvalue weighted by atomic mass is 10.1. The van der Waals surface area contributed by atoms with Gasteiger partial charge in [0, 0.05) is 5.69 Å². The molecule has 0 atom stereocenters. The Kier molecular flexibility index (Phi) is 3.69. The van der Waals surface area contributed by atoms with Crippen LogP contribution in [0.15, 0.2) is 36.4 Å². The molecule has 2 aromatic rings. The number of hydrogen-bond acceptors (Lipinski definition) is 6. The van der Waals surface area contributed by atoms with E-state index >= 15 is 0 Å². The molecule has 102 valence electrons. The minimum atomic E-state index is -0.577. The number of nitriles is 2. The number of hydrogen-bond donors (Lipinski definition) is 2. The molecule has 0 saturated heterocycles. The molecule has 0 saturated carbocycles. The number of anilines is 3. The van der Waals surface area contributed by atoms with Gasteiger partial charge in [0.1, 0.15) is 23.5 Å². The average molecular weight is 279 g/mol. The van der Waals surface area contributed by atoms with Gasteiger partial charge in [0.2, 0.25) is 0 Å². The minimum absolute atomic E-state index is 0.0409. The molecule has 0 aromatic heterocycles. The number of benzene rings is 2. The lowest BCUT2D eigenvalue weighted by Gasteiger charge is -2.09. The van der Waals surface area contributed by atoms with Gasteiger partial charge in [0.25, 0.3) is 0 Å². The van der Waals surface area contributed by atoms with Gasteiger partial charge in [0.05, 0.1) is 16.1 Å². The van der Waals surface area contributed by atoms with Crippen LogP contribution in [0.3, 0.4) is 0 Å². The summed E-state index contributed by atoms with van der Waals surface area (Å²) in [4.78, 5) is 10.5. The molecule has 0 heterocycles. The third-order valence-electron chi connectivity index (χ3n) is 2.79. The van der Waals surface area contributed by atoms with Gasteiger partial charge < -0.3 is 11.1 Å². The predicted octanol–water partition coefficient (Wildman–Crippen LogP) is 2.66. The maximum absolute atomic E-state index is 11.0. The average Bonchev–Trinajstić information content (AvgIpc) is 2.46. The molecule has 3 N–H and O–H groups in total. The summed E-state index contributed by atoms with van der Waals surface area (Å²) in [5.74, 6) is 0. The highest BCUT2D eigenvalue weighted by Crippen LogP contribution is 2.33. The Morgan fingerprint density at radius 2 is 1.86 bits per heavy atom. The van der Waals surface area contributed by atoms with Crippen LogP contribution in [0, 0.1) is 32.8 Å². The van der Waals surface area contributed by atoms with Gasteiger partial charge in [-0.2, -0.15) is 10.5 Å². The maximum atomic E-state index is 11.0. The fraction of sp³-hybridized carbons (Fsp3) is 0. The number of nitro benzene ring substituents is 1. The molecule has 7 heteroatoms. The van der Waals surface area contributed by atoms with E-state index in [-0.39, 0.29) is 28.2 Å². The number of nitrogens with two attached hydrogens (primary N) is 1. The summed E-state index contributed by atoms with van der Waals surface area (Å²) in [6.45, 7) is 0. The van der Waals surface area contributed by atoms with Gasteiger partial charge in [-0.25, -0.2) is 0 Å². The summed E-state index contributed by atoms with van der Waals surface area (Å²) < 4.78 is 0. The first kappa shape index (κ1) is 13.8. The first-order valence-corrected chi connectivity index (χ1v) is 5.81. The number of rotatable bonds is 3. The molecule has 0 fully saturated rings. The number of nitrogen functional groups attached to an aromatic ring is 1. The van der Waals surface area contributed by atoms with Gasteiger partial charge in [-0.1, -0.05) is 6.07 Å². The van der Waals surface area contributed by atoms with Gasteiger partial charge in [-0.05, 0) is 30.3 Å². The SMILES string of the molecule is N#Cc1ccc(Nc2cccc(N)c2[N+](=O)[O-])cc1C#N. The summed E-state index contributed by atoms with van der Waals surface area (Å²) in [5, 5.41) is 31.7. The van der Waals surface area contributed by atoms with Crippen molar-refractivity contribution in [3.8, 4) is 12.1 Å². The quantitative estimate of drug-likeness (QED) is 0.504. The molecule has 0 radical (unpaired) electrons. The number of nitrogens with zero attached hydrogens (tertiary/aromatic N) is 3. The van der Waals surface area contributed by atoms with Crippen molar-refractivity contribution >= 4 is 22.7 Å². The second-order valence-corrected chi connectivity index (χ2v) is 4.11. The smallest absolute Gasteiger partial charge is 0.315 e. The first-order chi connectivity index (χ1) is 10.1. The van der Waals surface area contributed by atoms with E-state index < -0.39 is 4.92 Å². The van der Waals surface area contributed by atoms with E-state index in [1.54, 1.807) is 12.1 Å². The normalized spacial score (nSPS) is 9.43. The van der Waals surface area contributed by atoms with Crippen molar-refractivity contribution in [1.82, 2.24) is 0 Å². The molecule has 0 spiro atoms. The molecular weight excluding hydrogens is 270 g/mol. The standard InChI is InChI=1S/C14H9N5O2/c15-7-9-4-5-11(6-10(9)8-16)18-13-3-1-2-12(17)14(13)19(20)21/h1-6,18H,17H2. The molecule has 0 aliphatic rings. The van der Waals surface area contributed by atoms with Crippen molar-refractivity contribution in [2.75, 3.05) is 11.1 Å². The van der Waals surface area contributed by atoms with Crippen molar-refractivity contribution in [2.45, 2.75) is 0 Å². The van der Waals surface area contributed by atoms with Gasteiger partial charge >= 0.3 is 5.69 Å². The monoisotopic (exact) mass is 279 g/mol. The van der Waals surface area contributed by atoms with Crippen molar-refractivity contribution in [2.24, 2.45) is 0 Å². The van der Waals surface area contributed by atoms with Crippen LogP contribution in [0.4, 0.5) is 22.7 Å². The highest BCUT2D eigenvalue weighted by atomic mass is 16.6. The van der Waals surface area contributed by atoms with Crippen LogP contribution < -0.4 is 11.1 Å². The minimum Gasteiger partial charge on any atom is -0.393 e. The zero-order chi connectivity index (χ0) is 15.4.